The molecule has 0 aliphatic heterocycles. The van der Waals surface area contributed by atoms with Crippen molar-refractivity contribution in [3.8, 4) is 0 Å². The number of aryl methyl sites for hydroxylation is 1. The average Bonchev–Trinajstić information content (AvgIpc) is 2.70. The van der Waals surface area contributed by atoms with Crippen molar-refractivity contribution in [2.75, 3.05) is 6.61 Å². The van der Waals surface area contributed by atoms with Crippen molar-refractivity contribution in [3.05, 3.63) is 36.3 Å². The van der Waals surface area contributed by atoms with E-state index >= 15 is 0 Å². The number of hydrogen-bond acceptors (Lipinski definition) is 3. The molecule has 2 rings (SSSR count). The van der Waals surface area contributed by atoms with E-state index in [-0.39, 0.29) is 5.97 Å². The van der Waals surface area contributed by atoms with Crippen LogP contribution in [0.3, 0.4) is 0 Å². The minimum atomic E-state index is -0.159. The van der Waals surface area contributed by atoms with E-state index < -0.39 is 0 Å². The first-order valence-electron chi connectivity index (χ1n) is 5.38. The highest BCUT2D eigenvalue weighted by Gasteiger charge is 2.06. The number of rotatable bonds is 4. The molecule has 0 unspecified atom stereocenters. The molecule has 16 heavy (non-hydrogen) atoms. The lowest BCUT2D eigenvalue weighted by Gasteiger charge is -2.02. The van der Waals surface area contributed by atoms with Crippen LogP contribution in [-0.4, -0.2) is 22.0 Å². The van der Waals surface area contributed by atoms with Crippen LogP contribution in [0, 0.1) is 0 Å². The van der Waals surface area contributed by atoms with Gasteiger partial charge in [0.25, 0.3) is 0 Å². The topological polar surface area (TPSA) is 43.6 Å². The van der Waals surface area contributed by atoms with Crippen LogP contribution in [0.15, 0.2) is 30.6 Å². The summed E-state index contributed by atoms with van der Waals surface area (Å²) >= 11 is 0. The number of nitrogens with zero attached hydrogens (tertiary/aromatic N) is 2. The second kappa shape index (κ2) is 4.79. The van der Waals surface area contributed by atoms with Gasteiger partial charge in [-0.25, -0.2) is 4.98 Å². The lowest BCUT2D eigenvalue weighted by atomic mass is 10.2. The van der Waals surface area contributed by atoms with Crippen molar-refractivity contribution in [1.82, 2.24) is 9.38 Å². The molecule has 2 aromatic heterocycles. The molecular weight excluding hydrogens is 204 g/mol. The Morgan fingerprint density at radius 2 is 2.38 bits per heavy atom. The highest BCUT2D eigenvalue weighted by molar-refractivity contribution is 5.69. The number of carbonyl (C=O) groups excluding carboxylic acids is 1. The molecule has 2 heterocycles. The molecule has 0 saturated heterocycles. The first kappa shape index (κ1) is 10.7. The van der Waals surface area contributed by atoms with E-state index in [1.807, 2.05) is 35.7 Å². The number of fused-ring (bicyclic) bond motifs is 1. The summed E-state index contributed by atoms with van der Waals surface area (Å²) in [4.78, 5) is 15.5. The van der Waals surface area contributed by atoms with Crippen molar-refractivity contribution < 1.29 is 9.53 Å². The molecule has 0 aliphatic carbocycles. The molecule has 0 fully saturated rings. The molecule has 2 aromatic rings. The van der Waals surface area contributed by atoms with E-state index in [2.05, 4.69) is 4.98 Å². The van der Waals surface area contributed by atoms with Gasteiger partial charge in [0.1, 0.15) is 5.65 Å². The molecule has 4 nitrogen and oxygen atoms in total. The number of carbonyl (C=O) groups is 1. The van der Waals surface area contributed by atoms with Crippen LogP contribution < -0.4 is 0 Å². The summed E-state index contributed by atoms with van der Waals surface area (Å²) in [6.45, 7) is 2.25. The highest BCUT2D eigenvalue weighted by atomic mass is 16.5. The van der Waals surface area contributed by atoms with Crippen molar-refractivity contribution in [2.24, 2.45) is 0 Å². The van der Waals surface area contributed by atoms with Gasteiger partial charge in [-0.3, -0.25) is 4.79 Å². The molecule has 4 heteroatoms. The van der Waals surface area contributed by atoms with Crippen molar-refractivity contribution in [1.29, 1.82) is 0 Å². The van der Waals surface area contributed by atoms with Crippen LogP contribution in [0.4, 0.5) is 0 Å². The summed E-state index contributed by atoms with van der Waals surface area (Å²) in [5.41, 5.74) is 1.94. The summed E-state index contributed by atoms with van der Waals surface area (Å²) < 4.78 is 6.87. The molecule has 0 aromatic carbocycles. The van der Waals surface area contributed by atoms with E-state index in [1.165, 1.54) is 0 Å². The van der Waals surface area contributed by atoms with Crippen LogP contribution in [0.2, 0.25) is 0 Å². The molecule has 0 bridgehead atoms. The van der Waals surface area contributed by atoms with E-state index in [1.54, 1.807) is 6.20 Å². The van der Waals surface area contributed by atoms with Gasteiger partial charge in [-0.2, -0.15) is 0 Å². The van der Waals surface area contributed by atoms with Gasteiger partial charge in [0.2, 0.25) is 0 Å². The smallest absolute Gasteiger partial charge is 0.306 e. The number of aromatic nitrogens is 2. The summed E-state index contributed by atoms with van der Waals surface area (Å²) in [5.74, 6) is -0.159. The number of hydrogen-bond donors (Lipinski definition) is 0. The predicted octanol–water partition coefficient (Wildman–Crippen LogP) is 1.83. The van der Waals surface area contributed by atoms with Crippen LogP contribution >= 0.6 is 0 Å². The third-order valence-corrected chi connectivity index (χ3v) is 2.38. The van der Waals surface area contributed by atoms with Gasteiger partial charge < -0.3 is 9.14 Å². The Labute approximate surface area is 93.9 Å². The van der Waals surface area contributed by atoms with Crippen LogP contribution in [-0.2, 0) is 16.0 Å². The number of imidazole rings is 1. The first-order chi connectivity index (χ1) is 7.81. The maximum atomic E-state index is 11.2. The SMILES string of the molecule is CCOC(=O)CCc1cnc2ccccn12. The third-order valence-electron chi connectivity index (χ3n) is 2.38. The van der Waals surface area contributed by atoms with Crippen LogP contribution in [0.1, 0.15) is 19.0 Å². The fraction of sp³-hybridized carbons (Fsp3) is 0.333. The Bertz CT molecular complexity index is 490. The minimum Gasteiger partial charge on any atom is -0.466 e. The standard InChI is InChI=1S/C12H14N2O2/c1-2-16-12(15)7-6-10-9-13-11-5-3-4-8-14(10)11/h3-5,8-9H,2,6-7H2,1H3. The molecule has 0 aliphatic rings. The van der Waals surface area contributed by atoms with Gasteiger partial charge in [-0.15, -0.1) is 0 Å². The van der Waals surface area contributed by atoms with E-state index in [0.717, 1.165) is 11.3 Å². The zero-order valence-electron chi connectivity index (χ0n) is 9.22. The summed E-state index contributed by atoms with van der Waals surface area (Å²) in [6, 6.07) is 5.83. The Morgan fingerprint density at radius 3 is 3.19 bits per heavy atom. The van der Waals surface area contributed by atoms with Gasteiger partial charge in [0, 0.05) is 24.5 Å². The van der Waals surface area contributed by atoms with E-state index in [4.69, 9.17) is 4.74 Å². The van der Waals surface area contributed by atoms with Gasteiger partial charge in [-0.05, 0) is 19.1 Å². The Hall–Kier alpha value is -1.84. The maximum Gasteiger partial charge on any atom is 0.306 e. The maximum absolute atomic E-state index is 11.2. The molecule has 0 atom stereocenters. The molecule has 0 saturated carbocycles. The molecule has 0 N–H and O–H groups in total. The van der Waals surface area contributed by atoms with Crippen LogP contribution in [0.5, 0.6) is 0 Å². The highest BCUT2D eigenvalue weighted by Crippen LogP contribution is 2.08. The minimum absolute atomic E-state index is 0.159. The average molecular weight is 218 g/mol. The van der Waals surface area contributed by atoms with Crippen molar-refractivity contribution >= 4 is 11.6 Å². The first-order valence-corrected chi connectivity index (χ1v) is 5.38. The van der Waals surface area contributed by atoms with E-state index in [0.29, 0.717) is 19.4 Å². The number of pyridine rings is 1. The zero-order chi connectivity index (χ0) is 11.4. The lowest BCUT2D eigenvalue weighted by Crippen LogP contribution is -2.06. The molecule has 0 amide bonds. The molecule has 0 spiro atoms. The molecule has 84 valence electrons. The van der Waals surface area contributed by atoms with Crippen LogP contribution in [0.25, 0.3) is 5.65 Å². The van der Waals surface area contributed by atoms with Gasteiger partial charge >= 0.3 is 5.97 Å². The summed E-state index contributed by atoms with van der Waals surface area (Å²) in [7, 11) is 0. The summed E-state index contributed by atoms with van der Waals surface area (Å²) in [6.07, 6.45) is 4.80. The Morgan fingerprint density at radius 1 is 1.50 bits per heavy atom. The predicted molar refractivity (Wildman–Crippen MR) is 60.1 cm³/mol. The molecular formula is C12H14N2O2. The quantitative estimate of drug-likeness (QED) is 0.735. The largest absolute Gasteiger partial charge is 0.466 e. The zero-order valence-corrected chi connectivity index (χ0v) is 9.22. The van der Waals surface area contributed by atoms with Gasteiger partial charge in [0.15, 0.2) is 0 Å². The normalized spacial score (nSPS) is 10.6. The lowest BCUT2D eigenvalue weighted by molar-refractivity contribution is -0.143. The number of esters is 1. The van der Waals surface area contributed by atoms with Gasteiger partial charge in [-0.1, -0.05) is 6.07 Å². The Balaban J connectivity index is 2.07. The van der Waals surface area contributed by atoms with Gasteiger partial charge in [0.05, 0.1) is 13.0 Å². The second-order valence-corrected chi connectivity index (χ2v) is 3.48. The Kier molecular flexibility index (Phi) is 3.19. The fourth-order valence-corrected chi connectivity index (χ4v) is 1.63. The second-order valence-electron chi connectivity index (χ2n) is 3.48. The van der Waals surface area contributed by atoms with Crippen molar-refractivity contribution in [3.63, 3.8) is 0 Å². The third kappa shape index (κ3) is 2.21. The number of ether oxygens (including phenoxy) is 1. The summed E-state index contributed by atoms with van der Waals surface area (Å²) in [5, 5.41) is 0. The fourth-order valence-electron chi connectivity index (χ4n) is 1.63. The molecule has 0 radical (unpaired) electrons. The van der Waals surface area contributed by atoms with E-state index in [9.17, 15) is 4.79 Å². The van der Waals surface area contributed by atoms with Crippen molar-refractivity contribution in [2.45, 2.75) is 19.8 Å². The monoisotopic (exact) mass is 218 g/mol.